The average Bonchev–Trinajstić information content (AvgIpc) is 2.77. The van der Waals surface area contributed by atoms with E-state index in [0.29, 0.717) is 0 Å². The van der Waals surface area contributed by atoms with Gasteiger partial charge in [-0.1, -0.05) is 6.07 Å². The number of benzene rings is 1. The fraction of sp³-hybridized carbons (Fsp3) is 0.333. The van der Waals surface area contributed by atoms with Gasteiger partial charge in [-0.05, 0) is 44.4 Å². The maximum Gasteiger partial charge on any atom is 0.270 e. The van der Waals surface area contributed by atoms with Crippen LogP contribution in [0.1, 0.15) is 32.4 Å². The Morgan fingerprint density at radius 3 is 2.90 bits per heavy atom. The number of nitrogen functional groups attached to an aromatic ring is 1. The number of carbonyl (C=O) groups is 1. The Labute approximate surface area is 122 Å². The van der Waals surface area contributed by atoms with Crippen molar-refractivity contribution in [2.75, 3.05) is 17.2 Å². The third-order valence-electron chi connectivity index (χ3n) is 3.63. The van der Waals surface area contributed by atoms with Gasteiger partial charge in [0.2, 0.25) is 0 Å². The predicted octanol–water partition coefficient (Wildman–Crippen LogP) is 2.94. The number of nitrogens with two attached hydrogens (primary N) is 1. The number of aromatic nitrogens is 1. The van der Waals surface area contributed by atoms with Crippen molar-refractivity contribution in [2.24, 2.45) is 0 Å². The Kier molecular flexibility index (Phi) is 3.22. The standard InChI is InChI=1S/C15H17N3OS/c1-9-14(20-10(2)17-9)15(19)18-8-4-5-11-12(16)6-3-7-13(11)18/h3,6-7H,4-5,8,16H2,1-2H3. The van der Waals surface area contributed by atoms with Crippen LogP contribution in [0, 0.1) is 13.8 Å². The minimum Gasteiger partial charge on any atom is -0.398 e. The lowest BCUT2D eigenvalue weighted by atomic mass is 9.99. The third-order valence-corrected chi connectivity index (χ3v) is 4.69. The third kappa shape index (κ3) is 2.08. The van der Waals surface area contributed by atoms with Crippen LogP contribution >= 0.6 is 11.3 Å². The van der Waals surface area contributed by atoms with Gasteiger partial charge in [-0.15, -0.1) is 11.3 Å². The van der Waals surface area contributed by atoms with Crippen molar-refractivity contribution >= 4 is 28.6 Å². The van der Waals surface area contributed by atoms with Crippen LogP contribution in [0.2, 0.25) is 0 Å². The predicted molar refractivity (Wildman–Crippen MR) is 82.4 cm³/mol. The minimum atomic E-state index is 0.0413. The Bertz CT molecular complexity index is 678. The topological polar surface area (TPSA) is 59.2 Å². The highest BCUT2D eigenvalue weighted by Gasteiger charge is 2.27. The van der Waals surface area contributed by atoms with Crippen LogP contribution in [0.25, 0.3) is 0 Å². The number of carbonyl (C=O) groups excluding carboxylic acids is 1. The molecule has 0 atom stereocenters. The summed E-state index contributed by atoms with van der Waals surface area (Å²) in [5.41, 5.74) is 9.66. The number of hydrogen-bond donors (Lipinski definition) is 1. The number of aryl methyl sites for hydroxylation is 2. The van der Waals surface area contributed by atoms with Gasteiger partial charge in [-0.3, -0.25) is 4.79 Å². The molecule has 2 N–H and O–H groups in total. The zero-order valence-electron chi connectivity index (χ0n) is 11.6. The summed E-state index contributed by atoms with van der Waals surface area (Å²) in [5.74, 6) is 0.0413. The average molecular weight is 287 g/mol. The van der Waals surface area contributed by atoms with E-state index in [9.17, 15) is 4.79 Å². The SMILES string of the molecule is Cc1nc(C)c(C(=O)N2CCCc3c(N)cccc32)s1. The molecule has 1 aromatic carbocycles. The molecule has 1 aliphatic heterocycles. The first-order chi connectivity index (χ1) is 9.58. The fourth-order valence-electron chi connectivity index (χ4n) is 2.71. The van der Waals surface area contributed by atoms with Crippen LogP contribution in [-0.2, 0) is 6.42 Å². The highest BCUT2D eigenvalue weighted by molar-refractivity contribution is 7.13. The molecule has 0 spiro atoms. The van der Waals surface area contributed by atoms with Gasteiger partial charge in [0.15, 0.2) is 0 Å². The van der Waals surface area contributed by atoms with E-state index < -0.39 is 0 Å². The molecule has 2 heterocycles. The molecule has 0 unspecified atom stereocenters. The molecule has 0 saturated carbocycles. The van der Waals surface area contributed by atoms with E-state index >= 15 is 0 Å². The van der Waals surface area contributed by atoms with Gasteiger partial charge in [0.1, 0.15) is 4.88 Å². The number of fused-ring (bicyclic) bond motifs is 1. The second kappa shape index (κ2) is 4.90. The molecule has 2 aromatic rings. The lowest BCUT2D eigenvalue weighted by molar-refractivity contribution is 0.0988. The smallest absolute Gasteiger partial charge is 0.270 e. The van der Waals surface area contributed by atoms with Gasteiger partial charge in [0.25, 0.3) is 5.91 Å². The summed E-state index contributed by atoms with van der Waals surface area (Å²) in [6.07, 6.45) is 1.89. The molecule has 5 heteroatoms. The van der Waals surface area contributed by atoms with Crippen molar-refractivity contribution < 1.29 is 4.79 Å². The number of rotatable bonds is 1. The normalized spacial score (nSPS) is 14.2. The van der Waals surface area contributed by atoms with Crippen LogP contribution < -0.4 is 10.6 Å². The summed E-state index contributed by atoms with van der Waals surface area (Å²) in [5, 5.41) is 0.927. The van der Waals surface area contributed by atoms with Crippen molar-refractivity contribution in [1.29, 1.82) is 0 Å². The van der Waals surface area contributed by atoms with Crippen LogP contribution in [0.4, 0.5) is 11.4 Å². The minimum absolute atomic E-state index is 0.0413. The van der Waals surface area contributed by atoms with Crippen molar-refractivity contribution in [2.45, 2.75) is 26.7 Å². The van der Waals surface area contributed by atoms with Gasteiger partial charge >= 0.3 is 0 Å². The second-order valence-electron chi connectivity index (χ2n) is 5.05. The van der Waals surface area contributed by atoms with E-state index in [0.717, 1.165) is 51.9 Å². The summed E-state index contributed by atoms with van der Waals surface area (Å²) < 4.78 is 0. The van der Waals surface area contributed by atoms with Crippen molar-refractivity contribution in [3.05, 3.63) is 39.3 Å². The first-order valence-corrected chi connectivity index (χ1v) is 7.53. The van der Waals surface area contributed by atoms with E-state index in [1.165, 1.54) is 11.3 Å². The molecule has 0 aliphatic carbocycles. The van der Waals surface area contributed by atoms with E-state index in [-0.39, 0.29) is 5.91 Å². The van der Waals surface area contributed by atoms with Crippen LogP contribution in [-0.4, -0.2) is 17.4 Å². The summed E-state index contributed by atoms with van der Waals surface area (Å²) in [4.78, 5) is 19.7. The molecule has 0 saturated heterocycles. The summed E-state index contributed by atoms with van der Waals surface area (Å²) in [6, 6.07) is 5.78. The summed E-state index contributed by atoms with van der Waals surface area (Å²) >= 11 is 1.46. The lowest BCUT2D eigenvalue weighted by Crippen LogP contribution is -2.35. The van der Waals surface area contributed by atoms with Crippen LogP contribution in [0.3, 0.4) is 0 Å². The van der Waals surface area contributed by atoms with E-state index in [1.54, 1.807) is 0 Å². The molecule has 0 fully saturated rings. The quantitative estimate of drug-likeness (QED) is 0.820. The first-order valence-electron chi connectivity index (χ1n) is 6.71. The number of nitrogens with zero attached hydrogens (tertiary/aromatic N) is 2. The maximum absolute atomic E-state index is 12.8. The molecule has 1 aliphatic rings. The lowest BCUT2D eigenvalue weighted by Gasteiger charge is -2.30. The molecule has 1 aromatic heterocycles. The Morgan fingerprint density at radius 1 is 1.40 bits per heavy atom. The molecule has 3 rings (SSSR count). The van der Waals surface area contributed by atoms with Gasteiger partial charge in [-0.2, -0.15) is 0 Å². The molecule has 4 nitrogen and oxygen atoms in total. The summed E-state index contributed by atoms with van der Waals surface area (Å²) in [6.45, 7) is 4.56. The fourth-order valence-corrected chi connectivity index (χ4v) is 3.58. The summed E-state index contributed by atoms with van der Waals surface area (Å²) in [7, 11) is 0. The largest absolute Gasteiger partial charge is 0.398 e. The maximum atomic E-state index is 12.8. The molecule has 0 bridgehead atoms. The molecular formula is C15H17N3OS. The number of hydrogen-bond acceptors (Lipinski definition) is 4. The molecule has 20 heavy (non-hydrogen) atoms. The highest BCUT2D eigenvalue weighted by Crippen LogP contribution is 2.33. The number of anilines is 2. The van der Waals surface area contributed by atoms with Crippen LogP contribution in [0.5, 0.6) is 0 Å². The first kappa shape index (κ1) is 13.1. The highest BCUT2D eigenvalue weighted by atomic mass is 32.1. The van der Waals surface area contributed by atoms with E-state index in [2.05, 4.69) is 4.98 Å². The van der Waals surface area contributed by atoms with Crippen molar-refractivity contribution in [1.82, 2.24) is 4.98 Å². The monoisotopic (exact) mass is 287 g/mol. The van der Waals surface area contributed by atoms with Gasteiger partial charge in [0, 0.05) is 17.9 Å². The molecular weight excluding hydrogens is 270 g/mol. The van der Waals surface area contributed by atoms with E-state index in [4.69, 9.17) is 5.73 Å². The Morgan fingerprint density at radius 2 is 2.20 bits per heavy atom. The zero-order chi connectivity index (χ0) is 14.3. The van der Waals surface area contributed by atoms with Gasteiger partial charge in [0.05, 0.1) is 10.7 Å². The number of thiazole rings is 1. The molecule has 104 valence electrons. The number of amides is 1. The molecule has 1 amide bonds. The van der Waals surface area contributed by atoms with Crippen LogP contribution in [0.15, 0.2) is 18.2 Å². The van der Waals surface area contributed by atoms with E-state index in [1.807, 2.05) is 36.9 Å². The van der Waals surface area contributed by atoms with Gasteiger partial charge < -0.3 is 10.6 Å². The van der Waals surface area contributed by atoms with Crippen molar-refractivity contribution in [3.63, 3.8) is 0 Å². The second-order valence-corrected chi connectivity index (χ2v) is 6.26. The molecule has 0 radical (unpaired) electrons. The zero-order valence-corrected chi connectivity index (χ0v) is 12.5. The Hall–Kier alpha value is -1.88. The van der Waals surface area contributed by atoms with Gasteiger partial charge in [-0.25, -0.2) is 4.98 Å². The Balaban J connectivity index is 2.03. The van der Waals surface area contributed by atoms with Crippen molar-refractivity contribution in [3.8, 4) is 0 Å².